The summed E-state index contributed by atoms with van der Waals surface area (Å²) in [5.41, 5.74) is 0. The first-order chi connectivity index (χ1) is 7.59. The summed E-state index contributed by atoms with van der Waals surface area (Å²) in [6, 6.07) is -0.931. The van der Waals surface area contributed by atoms with Crippen LogP contribution in [0.4, 0.5) is 0 Å². The lowest BCUT2D eigenvalue weighted by Gasteiger charge is -2.23. The summed E-state index contributed by atoms with van der Waals surface area (Å²) in [4.78, 5) is 21.6. The molecule has 1 aliphatic carbocycles. The van der Waals surface area contributed by atoms with E-state index in [1.807, 2.05) is 0 Å². The fourth-order valence-corrected chi connectivity index (χ4v) is 1.88. The zero-order valence-corrected chi connectivity index (χ0v) is 9.57. The van der Waals surface area contributed by atoms with Gasteiger partial charge in [0, 0.05) is 6.92 Å². The Morgan fingerprint density at radius 1 is 1.38 bits per heavy atom. The van der Waals surface area contributed by atoms with Gasteiger partial charge in [-0.15, -0.1) is 0 Å². The Morgan fingerprint density at radius 2 is 2.00 bits per heavy atom. The number of hydrogen-bond acceptors (Lipinski definition) is 3. The third-order valence-electron chi connectivity index (χ3n) is 2.73. The average molecular weight is 229 g/mol. The predicted octanol–water partition coefficient (Wildman–Crippen LogP) is 0.925. The van der Waals surface area contributed by atoms with E-state index in [2.05, 4.69) is 5.32 Å². The van der Waals surface area contributed by atoms with Crippen molar-refractivity contribution in [1.29, 1.82) is 0 Å². The summed E-state index contributed by atoms with van der Waals surface area (Å²) in [7, 11) is 0. The van der Waals surface area contributed by atoms with E-state index in [0.29, 0.717) is 0 Å². The van der Waals surface area contributed by atoms with Gasteiger partial charge in [-0.3, -0.25) is 4.79 Å². The van der Waals surface area contributed by atoms with Crippen LogP contribution in [0.25, 0.3) is 0 Å². The maximum absolute atomic E-state index is 10.8. The molecular formula is C11H19NO4. The summed E-state index contributed by atoms with van der Waals surface area (Å²) in [5.74, 6) is -1.40. The second-order valence-electron chi connectivity index (χ2n) is 4.18. The van der Waals surface area contributed by atoms with Crippen molar-refractivity contribution >= 4 is 11.9 Å². The number of hydrogen-bond donors (Lipinski definition) is 2. The van der Waals surface area contributed by atoms with Gasteiger partial charge in [-0.05, 0) is 12.8 Å². The first-order valence-corrected chi connectivity index (χ1v) is 5.71. The Labute approximate surface area is 95.2 Å². The molecule has 0 heterocycles. The van der Waals surface area contributed by atoms with Gasteiger partial charge in [-0.2, -0.15) is 0 Å². The van der Waals surface area contributed by atoms with E-state index in [1.54, 1.807) is 0 Å². The van der Waals surface area contributed by atoms with E-state index in [1.165, 1.54) is 13.3 Å². The summed E-state index contributed by atoms with van der Waals surface area (Å²) >= 11 is 0. The number of rotatable bonds is 5. The number of carboxylic acid groups (broad SMARTS) is 1. The van der Waals surface area contributed by atoms with Crippen LogP contribution in [-0.4, -0.2) is 35.7 Å². The molecule has 0 unspecified atom stereocenters. The highest BCUT2D eigenvalue weighted by molar-refractivity contribution is 5.82. The Balaban J connectivity index is 2.30. The number of carbonyl (C=O) groups is 2. The predicted molar refractivity (Wildman–Crippen MR) is 58.1 cm³/mol. The molecule has 0 aromatic rings. The Bertz CT molecular complexity index is 248. The molecule has 5 nitrogen and oxygen atoms in total. The smallest absolute Gasteiger partial charge is 0.328 e. The highest BCUT2D eigenvalue weighted by Crippen LogP contribution is 2.20. The molecule has 0 saturated heterocycles. The van der Waals surface area contributed by atoms with Gasteiger partial charge in [-0.1, -0.05) is 19.3 Å². The molecule has 1 fully saturated rings. The average Bonchev–Trinajstić information content (AvgIpc) is 2.25. The van der Waals surface area contributed by atoms with E-state index >= 15 is 0 Å². The molecule has 0 spiro atoms. The fraction of sp³-hybridized carbons (Fsp3) is 0.818. The summed E-state index contributed by atoms with van der Waals surface area (Å²) in [6.07, 6.45) is 5.65. The minimum atomic E-state index is -1.05. The van der Waals surface area contributed by atoms with Crippen molar-refractivity contribution < 1.29 is 19.4 Å². The van der Waals surface area contributed by atoms with Crippen molar-refractivity contribution in [3.63, 3.8) is 0 Å². The van der Waals surface area contributed by atoms with E-state index in [9.17, 15) is 9.59 Å². The second-order valence-corrected chi connectivity index (χ2v) is 4.18. The van der Waals surface area contributed by atoms with Gasteiger partial charge >= 0.3 is 5.97 Å². The van der Waals surface area contributed by atoms with Gasteiger partial charge in [0.05, 0.1) is 12.7 Å². The van der Waals surface area contributed by atoms with Crippen LogP contribution in [0.5, 0.6) is 0 Å². The van der Waals surface area contributed by atoms with E-state index in [4.69, 9.17) is 9.84 Å². The normalized spacial score (nSPS) is 19.1. The first kappa shape index (κ1) is 13.0. The monoisotopic (exact) mass is 229 g/mol. The van der Waals surface area contributed by atoms with Gasteiger partial charge in [0.1, 0.15) is 0 Å². The fourth-order valence-electron chi connectivity index (χ4n) is 1.88. The third-order valence-corrected chi connectivity index (χ3v) is 2.73. The van der Waals surface area contributed by atoms with Gasteiger partial charge in [0.15, 0.2) is 6.04 Å². The summed E-state index contributed by atoms with van der Waals surface area (Å²) < 4.78 is 5.51. The molecule has 92 valence electrons. The number of amides is 1. The molecule has 1 amide bonds. The van der Waals surface area contributed by atoms with Crippen LogP contribution >= 0.6 is 0 Å². The number of carboxylic acids is 1. The highest BCUT2D eigenvalue weighted by Gasteiger charge is 2.21. The van der Waals surface area contributed by atoms with Crippen LogP contribution < -0.4 is 5.32 Å². The van der Waals surface area contributed by atoms with Gasteiger partial charge in [0.2, 0.25) is 5.91 Å². The molecule has 1 rings (SSSR count). The zero-order valence-electron chi connectivity index (χ0n) is 9.57. The van der Waals surface area contributed by atoms with Gasteiger partial charge in [0.25, 0.3) is 0 Å². The zero-order chi connectivity index (χ0) is 12.0. The van der Waals surface area contributed by atoms with Crippen molar-refractivity contribution in [3.8, 4) is 0 Å². The molecule has 0 aliphatic heterocycles. The molecule has 5 heteroatoms. The Morgan fingerprint density at radius 3 is 2.50 bits per heavy atom. The molecule has 16 heavy (non-hydrogen) atoms. The van der Waals surface area contributed by atoms with Crippen LogP contribution in [0.3, 0.4) is 0 Å². The molecule has 2 N–H and O–H groups in total. The van der Waals surface area contributed by atoms with Crippen molar-refractivity contribution in [3.05, 3.63) is 0 Å². The third kappa shape index (κ3) is 4.61. The quantitative estimate of drug-likeness (QED) is 0.735. The van der Waals surface area contributed by atoms with Crippen LogP contribution in [0.15, 0.2) is 0 Å². The minimum absolute atomic E-state index is 0.0551. The van der Waals surface area contributed by atoms with E-state index < -0.39 is 12.0 Å². The topological polar surface area (TPSA) is 75.6 Å². The van der Waals surface area contributed by atoms with Gasteiger partial charge < -0.3 is 15.2 Å². The lowest BCUT2D eigenvalue weighted by Crippen LogP contribution is -2.43. The molecular weight excluding hydrogens is 210 g/mol. The van der Waals surface area contributed by atoms with Crippen molar-refractivity contribution in [2.45, 2.75) is 51.2 Å². The summed E-state index contributed by atoms with van der Waals surface area (Å²) in [5, 5.41) is 11.2. The molecule has 0 bridgehead atoms. The Hall–Kier alpha value is -1.10. The van der Waals surface area contributed by atoms with Crippen LogP contribution in [-0.2, 0) is 14.3 Å². The van der Waals surface area contributed by atoms with Crippen LogP contribution in [0.2, 0.25) is 0 Å². The first-order valence-electron chi connectivity index (χ1n) is 5.71. The number of aliphatic carboxylic acids is 1. The Kier molecular flexibility index (Phi) is 5.25. The van der Waals surface area contributed by atoms with Gasteiger partial charge in [-0.25, -0.2) is 4.79 Å². The van der Waals surface area contributed by atoms with Crippen LogP contribution in [0.1, 0.15) is 39.0 Å². The molecule has 0 aromatic carbocycles. The molecule has 1 aliphatic rings. The second kappa shape index (κ2) is 6.48. The maximum atomic E-state index is 10.8. The largest absolute Gasteiger partial charge is 0.480 e. The summed E-state index contributed by atoms with van der Waals surface area (Å²) in [6.45, 7) is 1.36. The number of ether oxygens (including phenoxy) is 1. The standard InChI is InChI=1S/C11H19NO4/c1-8(13)12-10(11(14)15)7-16-9-5-3-2-4-6-9/h9-10H,2-7H2,1H3,(H,12,13)(H,14,15)/t10-/m1/s1. The number of nitrogens with one attached hydrogen (secondary N) is 1. The molecule has 0 aromatic heterocycles. The maximum Gasteiger partial charge on any atom is 0.328 e. The highest BCUT2D eigenvalue weighted by atomic mass is 16.5. The SMILES string of the molecule is CC(=O)N[C@H](COC1CCCCC1)C(=O)O. The lowest BCUT2D eigenvalue weighted by atomic mass is 9.98. The van der Waals surface area contributed by atoms with Crippen molar-refractivity contribution in [2.24, 2.45) is 0 Å². The van der Waals surface area contributed by atoms with Crippen molar-refractivity contribution in [2.75, 3.05) is 6.61 Å². The molecule has 0 radical (unpaired) electrons. The molecule has 1 atom stereocenters. The minimum Gasteiger partial charge on any atom is -0.480 e. The van der Waals surface area contributed by atoms with E-state index in [-0.39, 0.29) is 18.6 Å². The van der Waals surface area contributed by atoms with Crippen molar-refractivity contribution in [1.82, 2.24) is 5.32 Å². The van der Waals surface area contributed by atoms with Crippen LogP contribution in [0, 0.1) is 0 Å². The lowest BCUT2D eigenvalue weighted by molar-refractivity contribution is -0.144. The number of carbonyl (C=O) groups excluding carboxylic acids is 1. The molecule has 1 saturated carbocycles. The van der Waals surface area contributed by atoms with E-state index in [0.717, 1.165) is 25.7 Å².